The van der Waals surface area contributed by atoms with Gasteiger partial charge in [0.2, 0.25) is 0 Å². The highest BCUT2D eigenvalue weighted by atomic mass is 16.6. The summed E-state index contributed by atoms with van der Waals surface area (Å²) in [6.07, 6.45) is 68.1. The van der Waals surface area contributed by atoms with Gasteiger partial charge in [0, 0.05) is 19.3 Å². The lowest BCUT2D eigenvalue weighted by atomic mass is 10.1. The fourth-order valence-electron chi connectivity index (χ4n) is 8.35. The van der Waals surface area contributed by atoms with Gasteiger partial charge < -0.3 is 14.2 Å². The van der Waals surface area contributed by atoms with Gasteiger partial charge in [0.05, 0.1) is 0 Å². The number of rotatable bonds is 53. The number of hydrogen-bond acceptors (Lipinski definition) is 6. The molecule has 0 radical (unpaired) electrons. The molecule has 1 atom stereocenters. The van der Waals surface area contributed by atoms with Crippen molar-refractivity contribution >= 4 is 17.9 Å². The van der Waals surface area contributed by atoms with Gasteiger partial charge in [-0.05, 0) is 103 Å². The van der Waals surface area contributed by atoms with E-state index in [9.17, 15) is 14.4 Å². The SMILES string of the molecule is CCCCC/C=C\C/C=C\CCCCCCCCCCCC(=O)OC[C@H](COC(=O)CCCCCCC/C=C\CCCCCCCC)OC(=O)CCCCCCCCC/C=C\CCCCCC. The van der Waals surface area contributed by atoms with Crippen molar-refractivity contribution in [1.82, 2.24) is 0 Å². The first-order valence-corrected chi connectivity index (χ1v) is 29.1. The smallest absolute Gasteiger partial charge is 0.306 e. The lowest BCUT2D eigenvalue weighted by Crippen LogP contribution is -2.30. The molecule has 0 unspecified atom stereocenters. The van der Waals surface area contributed by atoms with Crippen LogP contribution in [0.3, 0.4) is 0 Å². The van der Waals surface area contributed by atoms with Crippen LogP contribution in [-0.2, 0) is 28.6 Å². The van der Waals surface area contributed by atoms with Crippen LogP contribution in [0, 0.1) is 0 Å². The van der Waals surface area contributed by atoms with Crippen molar-refractivity contribution < 1.29 is 28.6 Å². The molecular formula is C61H110O6. The predicted octanol–water partition coefficient (Wildman–Crippen LogP) is 19.4. The second-order valence-corrected chi connectivity index (χ2v) is 19.5. The molecule has 0 aliphatic carbocycles. The van der Waals surface area contributed by atoms with E-state index in [0.717, 1.165) is 70.6 Å². The third-order valence-corrected chi connectivity index (χ3v) is 12.8. The summed E-state index contributed by atoms with van der Waals surface area (Å²) in [6, 6.07) is 0. The monoisotopic (exact) mass is 939 g/mol. The molecule has 0 fully saturated rings. The van der Waals surface area contributed by atoms with Gasteiger partial charge in [-0.3, -0.25) is 14.4 Å². The predicted molar refractivity (Wildman–Crippen MR) is 289 cm³/mol. The minimum atomic E-state index is -0.779. The van der Waals surface area contributed by atoms with E-state index in [2.05, 4.69) is 69.4 Å². The van der Waals surface area contributed by atoms with Crippen LogP contribution in [0.4, 0.5) is 0 Å². The van der Waals surface area contributed by atoms with E-state index in [0.29, 0.717) is 19.3 Å². The highest BCUT2D eigenvalue weighted by molar-refractivity contribution is 5.71. The highest BCUT2D eigenvalue weighted by Gasteiger charge is 2.19. The van der Waals surface area contributed by atoms with Crippen LogP contribution < -0.4 is 0 Å². The van der Waals surface area contributed by atoms with Crippen LogP contribution in [-0.4, -0.2) is 37.2 Å². The Balaban J connectivity index is 4.36. The molecule has 0 amide bonds. The third kappa shape index (κ3) is 54.2. The molecule has 0 rings (SSSR count). The van der Waals surface area contributed by atoms with E-state index in [1.807, 2.05) is 0 Å². The molecule has 0 aromatic heterocycles. The number of unbranched alkanes of at least 4 members (excludes halogenated alkanes) is 34. The van der Waals surface area contributed by atoms with E-state index in [-0.39, 0.29) is 31.1 Å². The minimum absolute atomic E-state index is 0.0781. The maximum absolute atomic E-state index is 12.8. The van der Waals surface area contributed by atoms with Crippen molar-refractivity contribution in [2.45, 2.75) is 309 Å². The normalized spacial score (nSPS) is 12.3. The molecular weight excluding hydrogens is 829 g/mol. The standard InChI is InChI=1S/C61H110O6/c1-4-7-10-13-16-19-22-25-28-29-30-31-34-36-39-42-45-48-51-54-60(63)66-57-58(67-61(64)55-52-49-46-43-40-37-33-27-24-21-18-15-12-9-6-3)56-65-59(62)53-50-47-44-41-38-35-32-26-23-20-17-14-11-8-5-2/h16,19,21,24-26,28,32,58H,4-15,17-18,20,22-23,27,29-31,33-57H2,1-3H3/b19-16-,24-21-,28-25-,32-26-/t58-/m0/s1. The summed E-state index contributed by atoms with van der Waals surface area (Å²) in [4.78, 5) is 38.2. The summed E-state index contributed by atoms with van der Waals surface area (Å²) < 4.78 is 16.9. The second-order valence-electron chi connectivity index (χ2n) is 19.5. The molecule has 67 heavy (non-hydrogen) atoms. The molecule has 6 nitrogen and oxygen atoms in total. The fraction of sp³-hybridized carbons (Fsp3) is 0.820. The average molecular weight is 940 g/mol. The van der Waals surface area contributed by atoms with Gasteiger partial charge in [-0.2, -0.15) is 0 Å². The molecule has 0 aliphatic rings. The number of esters is 3. The van der Waals surface area contributed by atoms with E-state index in [1.165, 1.54) is 193 Å². The Labute approximate surface area is 416 Å². The van der Waals surface area contributed by atoms with Crippen LogP contribution >= 0.6 is 0 Å². The summed E-state index contributed by atoms with van der Waals surface area (Å²) in [7, 11) is 0. The maximum atomic E-state index is 12.8. The van der Waals surface area contributed by atoms with Gasteiger partial charge >= 0.3 is 17.9 Å². The zero-order valence-electron chi connectivity index (χ0n) is 44.7. The third-order valence-electron chi connectivity index (χ3n) is 12.8. The van der Waals surface area contributed by atoms with E-state index < -0.39 is 6.10 Å². The zero-order valence-corrected chi connectivity index (χ0v) is 44.7. The molecule has 0 N–H and O–H groups in total. The number of hydrogen-bond donors (Lipinski definition) is 0. The highest BCUT2D eigenvalue weighted by Crippen LogP contribution is 2.15. The second kappa shape index (κ2) is 56.0. The Hall–Kier alpha value is -2.63. The molecule has 0 heterocycles. The molecule has 6 heteroatoms. The van der Waals surface area contributed by atoms with Crippen LogP contribution in [0.25, 0.3) is 0 Å². The molecule has 0 aliphatic heterocycles. The molecule has 0 bridgehead atoms. The van der Waals surface area contributed by atoms with Crippen molar-refractivity contribution in [2.24, 2.45) is 0 Å². The molecule has 0 aromatic rings. The van der Waals surface area contributed by atoms with Gasteiger partial charge in [-0.15, -0.1) is 0 Å². The Morgan fingerprint density at radius 1 is 0.299 bits per heavy atom. The van der Waals surface area contributed by atoms with Crippen molar-refractivity contribution in [3.63, 3.8) is 0 Å². The lowest BCUT2D eigenvalue weighted by Gasteiger charge is -2.18. The van der Waals surface area contributed by atoms with Crippen molar-refractivity contribution in [1.29, 1.82) is 0 Å². The summed E-state index contributed by atoms with van der Waals surface area (Å²) >= 11 is 0. The first-order valence-electron chi connectivity index (χ1n) is 29.1. The average Bonchev–Trinajstić information content (AvgIpc) is 3.33. The van der Waals surface area contributed by atoms with Crippen molar-refractivity contribution in [2.75, 3.05) is 13.2 Å². The Morgan fingerprint density at radius 3 is 0.881 bits per heavy atom. The Bertz CT molecular complexity index is 1170. The quantitative estimate of drug-likeness (QED) is 0.0262. The van der Waals surface area contributed by atoms with Crippen molar-refractivity contribution in [3.8, 4) is 0 Å². The number of ether oxygens (including phenoxy) is 3. The zero-order chi connectivity index (χ0) is 48.6. The molecule has 0 saturated heterocycles. The van der Waals surface area contributed by atoms with Gasteiger partial charge in [0.1, 0.15) is 13.2 Å². The molecule has 0 spiro atoms. The fourth-order valence-corrected chi connectivity index (χ4v) is 8.35. The van der Waals surface area contributed by atoms with Crippen LogP contribution in [0.1, 0.15) is 303 Å². The summed E-state index contributed by atoms with van der Waals surface area (Å²) in [5, 5.41) is 0. The van der Waals surface area contributed by atoms with Crippen LogP contribution in [0.5, 0.6) is 0 Å². The van der Waals surface area contributed by atoms with E-state index in [4.69, 9.17) is 14.2 Å². The van der Waals surface area contributed by atoms with E-state index >= 15 is 0 Å². The largest absolute Gasteiger partial charge is 0.462 e. The topological polar surface area (TPSA) is 78.9 Å². The maximum Gasteiger partial charge on any atom is 0.306 e. The van der Waals surface area contributed by atoms with Crippen LogP contribution in [0.15, 0.2) is 48.6 Å². The Kier molecular flexibility index (Phi) is 53.8. The van der Waals surface area contributed by atoms with Crippen molar-refractivity contribution in [3.05, 3.63) is 48.6 Å². The molecule has 0 aromatic carbocycles. The first-order chi connectivity index (χ1) is 33.0. The summed E-state index contributed by atoms with van der Waals surface area (Å²) in [6.45, 7) is 6.61. The number of carbonyl (C=O) groups is 3. The molecule has 390 valence electrons. The van der Waals surface area contributed by atoms with Gasteiger partial charge in [0.25, 0.3) is 0 Å². The number of allylic oxidation sites excluding steroid dienone is 8. The van der Waals surface area contributed by atoms with Gasteiger partial charge in [-0.1, -0.05) is 230 Å². The number of carbonyl (C=O) groups excluding carboxylic acids is 3. The van der Waals surface area contributed by atoms with Gasteiger partial charge in [0.15, 0.2) is 6.10 Å². The van der Waals surface area contributed by atoms with E-state index in [1.54, 1.807) is 0 Å². The van der Waals surface area contributed by atoms with Crippen LogP contribution in [0.2, 0.25) is 0 Å². The summed E-state index contributed by atoms with van der Waals surface area (Å²) in [5.74, 6) is -0.882. The molecule has 0 saturated carbocycles. The minimum Gasteiger partial charge on any atom is -0.462 e. The first kappa shape index (κ1) is 64.4. The Morgan fingerprint density at radius 2 is 0.537 bits per heavy atom. The van der Waals surface area contributed by atoms with Gasteiger partial charge in [-0.25, -0.2) is 0 Å². The summed E-state index contributed by atoms with van der Waals surface area (Å²) in [5.41, 5.74) is 0. The lowest BCUT2D eigenvalue weighted by molar-refractivity contribution is -0.167.